The van der Waals surface area contributed by atoms with Crippen LogP contribution < -0.4 is 5.73 Å². The zero-order valence-corrected chi connectivity index (χ0v) is 10.9. The predicted octanol–water partition coefficient (Wildman–Crippen LogP) is 3.25. The van der Waals surface area contributed by atoms with Gasteiger partial charge in [0.05, 0.1) is 5.41 Å². The van der Waals surface area contributed by atoms with Crippen molar-refractivity contribution in [3.8, 4) is 0 Å². The van der Waals surface area contributed by atoms with Gasteiger partial charge in [0.1, 0.15) is 0 Å². The minimum Gasteiger partial charge on any atom is -0.481 e. The van der Waals surface area contributed by atoms with Crippen LogP contribution in [0.3, 0.4) is 0 Å². The van der Waals surface area contributed by atoms with E-state index in [1.54, 1.807) is 0 Å². The zero-order valence-electron chi connectivity index (χ0n) is 10.9. The third-order valence-electron chi connectivity index (χ3n) is 4.09. The van der Waals surface area contributed by atoms with E-state index >= 15 is 0 Å². The standard InChI is InChI=1S/C15H21NO2/c1-11-6-7-13(16)12(10-11)15(14(17)18)8-4-2-3-5-9-15/h6-7,10H,2-5,8-9,16H2,1H3,(H,17,18). The van der Waals surface area contributed by atoms with Crippen molar-refractivity contribution in [3.63, 3.8) is 0 Å². The smallest absolute Gasteiger partial charge is 0.314 e. The number of nitrogens with two attached hydrogens (primary N) is 1. The van der Waals surface area contributed by atoms with E-state index in [1.165, 1.54) is 0 Å². The van der Waals surface area contributed by atoms with Gasteiger partial charge < -0.3 is 10.8 Å². The molecule has 0 aliphatic heterocycles. The van der Waals surface area contributed by atoms with E-state index in [1.807, 2.05) is 25.1 Å². The third kappa shape index (κ3) is 2.22. The number of anilines is 1. The molecule has 1 saturated carbocycles. The molecule has 1 fully saturated rings. The second-order valence-electron chi connectivity index (χ2n) is 5.39. The average molecular weight is 247 g/mol. The van der Waals surface area contributed by atoms with Gasteiger partial charge in [-0.25, -0.2) is 0 Å². The summed E-state index contributed by atoms with van der Waals surface area (Å²) in [5.41, 5.74) is 7.77. The maximum absolute atomic E-state index is 11.8. The fraction of sp³-hybridized carbons (Fsp3) is 0.533. The Balaban J connectivity index is 2.52. The van der Waals surface area contributed by atoms with Crippen LogP contribution >= 0.6 is 0 Å². The Hall–Kier alpha value is -1.51. The van der Waals surface area contributed by atoms with Crippen molar-refractivity contribution >= 4 is 11.7 Å². The number of aliphatic carboxylic acids is 1. The molecule has 3 N–H and O–H groups in total. The van der Waals surface area contributed by atoms with Crippen molar-refractivity contribution in [2.24, 2.45) is 0 Å². The molecule has 1 aliphatic carbocycles. The van der Waals surface area contributed by atoms with Crippen molar-refractivity contribution in [1.29, 1.82) is 0 Å². The summed E-state index contributed by atoms with van der Waals surface area (Å²) in [6.45, 7) is 1.98. The molecule has 0 unspecified atom stereocenters. The predicted molar refractivity (Wildman–Crippen MR) is 72.6 cm³/mol. The Kier molecular flexibility index (Phi) is 3.60. The Bertz CT molecular complexity index is 446. The molecule has 0 saturated heterocycles. The Morgan fingerprint density at radius 2 is 1.83 bits per heavy atom. The number of aryl methyl sites for hydroxylation is 1. The fourth-order valence-electron chi connectivity index (χ4n) is 3.02. The third-order valence-corrected chi connectivity index (χ3v) is 4.09. The Morgan fingerprint density at radius 1 is 1.22 bits per heavy atom. The summed E-state index contributed by atoms with van der Waals surface area (Å²) in [6, 6.07) is 5.72. The van der Waals surface area contributed by atoms with E-state index in [4.69, 9.17) is 5.73 Å². The van der Waals surface area contributed by atoms with Crippen molar-refractivity contribution in [2.75, 3.05) is 5.73 Å². The lowest BCUT2D eigenvalue weighted by Crippen LogP contribution is -2.36. The zero-order chi connectivity index (χ0) is 13.2. The second kappa shape index (κ2) is 5.01. The van der Waals surface area contributed by atoms with E-state index in [0.717, 1.165) is 36.8 Å². The maximum Gasteiger partial charge on any atom is 0.314 e. The lowest BCUT2D eigenvalue weighted by atomic mass is 9.73. The molecular weight excluding hydrogens is 226 g/mol. The van der Waals surface area contributed by atoms with Crippen LogP contribution in [-0.2, 0) is 10.2 Å². The number of nitrogen functional groups attached to an aromatic ring is 1. The van der Waals surface area contributed by atoms with Crippen molar-refractivity contribution in [1.82, 2.24) is 0 Å². The number of benzene rings is 1. The van der Waals surface area contributed by atoms with Crippen molar-refractivity contribution in [2.45, 2.75) is 50.9 Å². The number of hydrogen-bond donors (Lipinski definition) is 2. The highest BCUT2D eigenvalue weighted by Crippen LogP contribution is 2.41. The van der Waals surface area contributed by atoms with Gasteiger partial charge in [0, 0.05) is 5.69 Å². The Labute approximate surface area is 108 Å². The molecule has 3 heteroatoms. The lowest BCUT2D eigenvalue weighted by Gasteiger charge is -2.30. The van der Waals surface area contributed by atoms with Gasteiger partial charge in [-0.15, -0.1) is 0 Å². The van der Waals surface area contributed by atoms with Gasteiger partial charge >= 0.3 is 5.97 Å². The van der Waals surface area contributed by atoms with Crippen LogP contribution in [0.15, 0.2) is 18.2 Å². The second-order valence-corrected chi connectivity index (χ2v) is 5.39. The average Bonchev–Trinajstić information content (AvgIpc) is 2.58. The molecule has 0 amide bonds. The Morgan fingerprint density at radius 3 is 2.39 bits per heavy atom. The number of hydrogen-bond acceptors (Lipinski definition) is 2. The van der Waals surface area contributed by atoms with E-state index in [2.05, 4.69) is 0 Å². The first-order valence-electron chi connectivity index (χ1n) is 6.66. The molecule has 0 atom stereocenters. The van der Waals surface area contributed by atoms with E-state index in [0.29, 0.717) is 18.5 Å². The van der Waals surface area contributed by atoms with Gasteiger partial charge in [0.15, 0.2) is 0 Å². The van der Waals surface area contributed by atoms with Crippen LogP contribution in [0.1, 0.15) is 49.7 Å². The molecule has 18 heavy (non-hydrogen) atoms. The highest BCUT2D eigenvalue weighted by molar-refractivity contribution is 5.84. The number of carbonyl (C=O) groups is 1. The molecule has 3 nitrogen and oxygen atoms in total. The van der Waals surface area contributed by atoms with Gasteiger partial charge in [-0.1, -0.05) is 43.4 Å². The van der Waals surface area contributed by atoms with Crippen LogP contribution in [0, 0.1) is 6.92 Å². The quantitative estimate of drug-likeness (QED) is 0.623. The largest absolute Gasteiger partial charge is 0.481 e. The summed E-state index contributed by atoms with van der Waals surface area (Å²) >= 11 is 0. The number of carboxylic acid groups (broad SMARTS) is 1. The summed E-state index contributed by atoms with van der Waals surface area (Å²) < 4.78 is 0. The summed E-state index contributed by atoms with van der Waals surface area (Å²) in [7, 11) is 0. The lowest BCUT2D eigenvalue weighted by molar-refractivity contribution is -0.144. The minimum atomic E-state index is -0.771. The first kappa shape index (κ1) is 12.9. The van der Waals surface area contributed by atoms with Crippen LogP contribution in [-0.4, -0.2) is 11.1 Å². The number of rotatable bonds is 2. The topological polar surface area (TPSA) is 63.3 Å². The molecule has 98 valence electrons. The summed E-state index contributed by atoms with van der Waals surface area (Å²) in [6.07, 6.45) is 5.60. The van der Waals surface area contributed by atoms with Crippen LogP contribution in [0.5, 0.6) is 0 Å². The van der Waals surface area contributed by atoms with Gasteiger partial charge in [-0.05, 0) is 31.4 Å². The first-order valence-corrected chi connectivity index (χ1v) is 6.66. The van der Waals surface area contributed by atoms with Gasteiger partial charge in [-0.3, -0.25) is 4.79 Å². The van der Waals surface area contributed by atoms with E-state index in [-0.39, 0.29) is 0 Å². The highest BCUT2D eigenvalue weighted by Gasteiger charge is 2.41. The molecule has 1 aromatic carbocycles. The molecule has 0 heterocycles. The van der Waals surface area contributed by atoms with Gasteiger partial charge in [-0.2, -0.15) is 0 Å². The number of carboxylic acids is 1. The minimum absolute atomic E-state index is 0.616. The summed E-state index contributed by atoms with van der Waals surface area (Å²) in [5.74, 6) is -0.721. The maximum atomic E-state index is 11.8. The van der Waals surface area contributed by atoms with E-state index in [9.17, 15) is 9.90 Å². The van der Waals surface area contributed by atoms with Crippen LogP contribution in [0.4, 0.5) is 5.69 Å². The van der Waals surface area contributed by atoms with Gasteiger partial charge in [0.2, 0.25) is 0 Å². The SMILES string of the molecule is Cc1ccc(N)c(C2(C(=O)O)CCCCCC2)c1. The van der Waals surface area contributed by atoms with Crippen molar-refractivity contribution < 1.29 is 9.90 Å². The van der Waals surface area contributed by atoms with Crippen LogP contribution in [0.25, 0.3) is 0 Å². The fourth-order valence-corrected chi connectivity index (χ4v) is 3.02. The molecule has 2 rings (SSSR count). The molecular formula is C15H21NO2. The molecule has 0 bridgehead atoms. The molecule has 0 radical (unpaired) electrons. The first-order chi connectivity index (χ1) is 8.56. The van der Waals surface area contributed by atoms with Crippen LogP contribution in [0.2, 0.25) is 0 Å². The summed E-state index contributed by atoms with van der Waals surface area (Å²) in [4.78, 5) is 11.8. The molecule has 1 aromatic rings. The van der Waals surface area contributed by atoms with Crippen molar-refractivity contribution in [3.05, 3.63) is 29.3 Å². The van der Waals surface area contributed by atoms with E-state index < -0.39 is 11.4 Å². The monoisotopic (exact) mass is 247 g/mol. The normalized spacial score (nSPS) is 19.2. The molecule has 0 spiro atoms. The highest BCUT2D eigenvalue weighted by atomic mass is 16.4. The molecule has 0 aromatic heterocycles. The summed E-state index contributed by atoms with van der Waals surface area (Å²) in [5, 5.41) is 9.73. The molecule has 1 aliphatic rings. The van der Waals surface area contributed by atoms with Gasteiger partial charge in [0.25, 0.3) is 0 Å².